The number of allylic oxidation sites excluding steroid dienone is 2. The van der Waals surface area contributed by atoms with Crippen LogP contribution in [0.15, 0.2) is 40.7 Å². The van der Waals surface area contributed by atoms with E-state index in [2.05, 4.69) is 22.3 Å². The summed E-state index contributed by atoms with van der Waals surface area (Å²) in [4.78, 5) is 17.2. The molecule has 2 aliphatic rings. The van der Waals surface area contributed by atoms with E-state index in [-0.39, 0.29) is 11.8 Å². The molecular formula is C17H17ClN4OS. The number of carbonyl (C=O) groups excluding carboxylic acids is 1. The third kappa shape index (κ3) is 2.54. The van der Waals surface area contributed by atoms with Gasteiger partial charge in [0.15, 0.2) is 5.78 Å². The molecule has 1 atom stereocenters. The Bertz CT molecular complexity index is 845. The zero-order chi connectivity index (χ0) is 16.7. The van der Waals surface area contributed by atoms with E-state index in [1.165, 1.54) is 0 Å². The fourth-order valence-electron chi connectivity index (χ4n) is 3.31. The van der Waals surface area contributed by atoms with Crippen LogP contribution >= 0.6 is 23.4 Å². The number of hydrogen-bond donors (Lipinski definition) is 1. The maximum absolute atomic E-state index is 12.7. The van der Waals surface area contributed by atoms with Gasteiger partial charge in [0.1, 0.15) is 6.04 Å². The van der Waals surface area contributed by atoms with Gasteiger partial charge in [0.25, 0.3) is 0 Å². The first-order valence-corrected chi connectivity index (χ1v) is 9.42. The summed E-state index contributed by atoms with van der Waals surface area (Å²) in [5.74, 6) is 1.75. The van der Waals surface area contributed by atoms with Gasteiger partial charge in [0, 0.05) is 28.3 Å². The van der Waals surface area contributed by atoms with E-state index in [1.54, 1.807) is 16.4 Å². The highest BCUT2D eigenvalue weighted by Crippen LogP contribution is 2.42. The molecule has 7 heteroatoms. The molecule has 1 aromatic heterocycles. The minimum Gasteiger partial charge on any atom is -0.328 e. The third-order valence-corrected chi connectivity index (χ3v) is 5.39. The molecule has 5 nitrogen and oxygen atoms in total. The summed E-state index contributed by atoms with van der Waals surface area (Å²) in [5.41, 5.74) is 2.63. The highest BCUT2D eigenvalue weighted by molar-refractivity contribution is 7.99. The van der Waals surface area contributed by atoms with Crippen LogP contribution in [-0.4, -0.2) is 26.3 Å². The number of nitrogens with one attached hydrogen (secondary N) is 1. The molecule has 0 spiro atoms. The topological polar surface area (TPSA) is 59.8 Å². The van der Waals surface area contributed by atoms with Crippen LogP contribution in [0.4, 0.5) is 5.95 Å². The van der Waals surface area contributed by atoms with Crippen LogP contribution in [-0.2, 0) is 4.79 Å². The second-order valence-electron chi connectivity index (χ2n) is 5.81. The molecule has 0 saturated carbocycles. The number of benzene rings is 1. The molecule has 2 aromatic rings. The Morgan fingerprint density at radius 1 is 1.38 bits per heavy atom. The number of Topliss-reactive ketones (excluding diaryl/α,β-unsaturated/α-hetero) is 1. The summed E-state index contributed by atoms with van der Waals surface area (Å²) in [7, 11) is 0. The van der Waals surface area contributed by atoms with Gasteiger partial charge in [-0.25, -0.2) is 4.68 Å². The minimum absolute atomic E-state index is 0.166. The zero-order valence-electron chi connectivity index (χ0n) is 13.3. The predicted molar refractivity (Wildman–Crippen MR) is 95.5 cm³/mol. The molecule has 1 aromatic carbocycles. The highest BCUT2D eigenvalue weighted by atomic mass is 35.5. The van der Waals surface area contributed by atoms with Gasteiger partial charge in [-0.1, -0.05) is 48.5 Å². The van der Waals surface area contributed by atoms with Crippen LogP contribution in [0.25, 0.3) is 0 Å². The van der Waals surface area contributed by atoms with E-state index in [4.69, 9.17) is 11.6 Å². The summed E-state index contributed by atoms with van der Waals surface area (Å²) >= 11 is 8.03. The molecule has 0 amide bonds. The molecule has 4 rings (SSSR count). The van der Waals surface area contributed by atoms with Crippen LogP contribution in [0.2, 0.25) is 5.02 Å². The molecule has 2 heterocycles. The molecule has 1 N–H and O–H groups in total. The lowest BCUT2D eigenvalue weighted by molar-refractivity contribution is -0.116. The molecule has 0 bridgehead atoms. The van der Waals surface area contributed by atoms with Crippen LogP contribution in [0.1, 0.15) is 37.8 Å². The molecule has 0 radical (unpaired) electrons. The lowest BCUT2D eigenvalue weighted by atomic mass is 9.85. The number of nitrogens with zero attached hydrogens (tertiary/aromatic N) is 3. The first-order valence-electron chi connectivity index (χ1n) is 8.06. The smallest absolute Gasteiger partial charge is 0.227 e. The first kappa shape index (κ1) is 15.7. The van der Waals surface area contributed by atoms with Crippen molar-refractivity contribution in [3.05, 3.63) is 46.1 Å². The van der Waals surface area contributed by atoms with Crippen LogP contribution < -0.4 is 5.32 Å². The summed E-state index contributed by atoms with van der Waals surface area (Å²) in [6.45, 7) is 2.07. The Hall–Kier alpha value is -1.79. The van der Waals surface area contributed by atoms with Gasteiger partial charge in [-0.3, -0.25) is 4.79 Å². The first-order chi connectivity index (χ1) is 11.7. The lowest BCUT2D eigenvalue weighted by Gasteiger charge is -2.32. The molecule has 124 valence electrons. The summed E-state index contributed by atoms with van der Waals surface area (Å²) in [5, 5.41) is 9.30. The van der Waals surface area contributed by atoms with Crippen molar-refractivity contribution in [3.63, 3.8) is 0 Å². The maximum Gasteiger partial charge on any atom is 0.227 e. The maximum atomic E-state index is 12.7. The SMILES string of the molecule is CCSc1nc2n(n1)[C@H](c1ccccc1Cl)C1=C(CCCC1=O)N2. The monoisotopic (exact) mass is 360 g/mol. The normalized spacial score (nSPS) is 19.8. The predicted octanol–water partition coefficient (Wildman–Crippen LogP) is 4.07. The van der Waals surface area contributed by atoms with E-state index in [0.717, 1.165) is 35.4 Å². The third-order valence-electron chi connectivity index (χ3n) is 4.32. The fraction of sp³-hybridized carbons (Fsp3) is 0.353. The number of fused-ring (bicyclic) bond motifs is 1. The van der Waals surface area contributed by atoms with Crippen LogP contribution in [0, 0.1) is 0 Å². The number of aromatic nitrogens is 3. The molecular weight excluding hydrogens is 344 g/mol. The molecule has 1 aliphatic carbocycles. The van der Waals surface area contributed by atoms with Crippen molar-refractivity contribution in [3.8, 4) is 0 Å². The van der Waals surface area contributed by atoms with Crippen LogP contribution in [0.5, 0.6) is 0 Å². The van der Waals surface area contributed by atoms with E-state index < -0.39 is 0 Å². The largest absolute Gasteiger partial charge is 0.328 e. The standard InChI is InChI=1S/C17H17ClN4OS/c1-2-24-17-20-16-19-12-8-5-9-13(23)14(12)15(22(16)21-17)10-6-3-4-7-11(10)18/h3-4,6-7,15H,2,5,8-9H2,1H3,(H,19,20,21)/t15-/m1/s1. The number of rotatable bonds is 3. The Morgan fingerprint density at radius 3 is 3.00 bits per heavy atom. The van der Waals surface area contributed by atoms with E-state index >= 15 is 0 Å². The van der Waals surface area contributed by atoms with Gasteiger partial charge in [-0.15, -0.1) is 5.10 Å². The summed E-state index contributed by atoms with van der Waals surface area (Å²) < 4.78 is 1.81. The van der Waals surface area contributed by atoms with Crippen molar-refractivity contribution in [1.82, 2.24) is 14.8 Å². The van der Waals surface area contributed by atoms with Gasteiger partial charge in [0.05, 0.1) is 0 Å². The second kappa shape index (κ2) is 6.26. The average Bonchev–Trinajstić information content (AvgIpc) is 2.96. The van der Waals surface area contributed by atoms with Crippen molar-refractivity contribution in [1.29, 1.82) is 0 Å². The number of halogens is 1. The lowest BCUT2D eigenvalue weighted by Crippen LogP contribution is -2.31. The Kier molecular flexibility index (Phi) is 4.10. The quantitative estimate of drug-likeness (QED) is 0.836. The van der Waals surface area contributed by atoms with Gasteiger partial charge < -0.3 is 5.32 Å². The number of thioether (sulfide) groups is 1. The molecule has 0 fully saturated rings. The molecule has 0 saturated heterocycles. The summed E-state index contributed by atoms with van der Waals surface area (Å²) in [6, 6.07) is 7.34. The van der Waals surface area contributed by atoms with E-state index in [1.807, 2.05) is 24.3 Å². The number of carbonyl (C=O) groups is 1. The van der Waals surface area contributed by atoms with E-state index in [0.29, 0.717) is 22.5 Å². The number of hydrogen-bond acceptors (Lipinski definition) is 5. The molecule has 1 aliphatic heterocycles. The van der Waals surface area contributed by atoms with Gasteiger partial charge in [-0.05, 0) is 24.7 Å². The van der Waals surface area contributed by atoms with Gasteiger partial charge >= 0.3 is 0 Å². The van der Waals surface area contributed by atoms with Crippen molar-refractivity contribution in [2.45, 2.75) is 37.4 Å². The zero-order valence-corrected chi connectivity index (χ0v) is 14.8. The number of anilines is 1. The van der Waals surface area contributed by atoms with Crippen LogP contribution in [0.3, 0.4) is 0 Å². The summed E-state index contributed by atoms with van der Waals surface area (Å²) in [6.07, 6.45) is 2.29. The second-order valence-corrected chi connectivity index (χ2v) is 7.45. The highest BCUT2D eigenvalue weighted by Gasteiger charge is 2.37. The van der Waals surface area contributed by atoms with Crippen molar-refractivity contribution in [2.75, 3.05) is 11.1 Å². The minimum atomic E-state index is -0.309. The van der Waals surface area contributed by atoms with Gasteiger partial charge in [-0.2, -0.15) is 4.98 Å². The van der Waals surface area contributed by atoms with Crippen molar-refractivity contribution in [2.24, 2.45) is 0 Å². The van der Waals surface area contributed by atoms with Crippen molar-refractivity contribution >= 4 is 35.1 Å². The Morgan fingerprint density at radius 2 is 2.21 bits per heavy atom. The Labute approximate surface area is 149 Å². The number of ketones is 1. The molecule has 0 unspecified atom stereocenters. The van der Waals surface area contributed by atoms with E-state index in [9.17, 15) is 4.79 Å². The Balaban J connectivity index is 1.91. The average molecular weight is 361 g/mol. The molecule has 24 heavy (non-hydrogen) atoms. The van der Waals surface area contributed by atoms with Gasteiger partial charge in [0.2, 0.25) is 11.1 Å². The van der Waals surface area contributed by atoms with Crippen molar-refractivity contribution < 1.29 is 4.79 Å². The fourth-order valence-corrected chi connectivity index (χ4v) is 4.11.